The third-order valence-corrected chi connectivity index (χ3v) is 3.42. The highest BCUT2D eigenvalue weighted by molar-refractivity contribution is 5.35. The third-order valence-electron chi connectivity index (χ3n) is 3.42. The van der Waals surface area contributed by atoms with Crippen LogP contribution in [0, 0.1) is 13.8 Å². The van der Waals surface area contributed by atoms with Crippen molar-refractivity contribution in [1.29, 1.82) is 0 Å². The molecule has 0 saturated heterocycles. The van der Waals surface area contributed by atoms with Gasteiger partial charge in [-0.05, 0) is 50.5 Å². The Balaban J connectivity index is 1.71. The molecule has 0 spiro atoms. The highest BCUT2D eigenvalue weighted by Crippen LogP contribution is 2.25. The lowest BCUT2D eigenvalue weighted by Gasteiger charge is -2.10. The van der Waals surface area contributed by atoms with E-state index < -0.39 is 0 Å². The zero-order chi connectivity index (χ0) is 13.9. The summed E-state index contributed by atoms with van der Waals surface area (Å²) in [5.74, 6) is 1.41. The Morgan fingerprint density at radius 2 is 2.15 bits per heavy atom. The van der Waals surface area contributed by atoms with Crippen LogP contribution in [0.1, 0.15) is 29.7 Å². The van der Waals surface area contributed by atoms with Crippen LogP contribution >= 0.6 is 0 Å². The van der Waals surface area contributed by atoms with E-state index in [4.69, 9.17) is 4.74 Å². The lowest BCUT2D eigenvalue weighted by Crippen LogP contribution is -2.15. The normalized spacial score (nSPS) is 14.3. The predicted octanol–water partition coefficient (Wildman–Crippen LogP) is 3.14. The van der Waals surface area contributed by atoms with E-state index >= 15 is 0 Å². The van der Waals surface area contributed by atoms with Gasteiger partial charge in [0.2, 0.25) is 5.88 Å². The molecule has 1 saturated carbocycles. The summed E-state index contributed by atoms with van der Waals surface area (Å²) in [5, 5.41) is 3.49. The van der Waals surface area contributed by atoms with Gasteiger partial charge in [-0.25, -0.2) is 4.98 Å². The first-order chi connectivity index (χ1) is 9.72. The van der Waals surface area contributed by atoms with Gasteiger partial charge in [0.05, 0.1) is 5.69 Å². The van der Waals surface area contributed by atoms with Gasteiger partial charge in [-0.2, -0.15) is 0 Å². The topological polar surface area (TPSA) is 47.0 Å². The Morgan fingerprint density at radius 1 is 1.30 bits per heavy atom. The van der Waals surface area contributed by atoms with E-state index in [1.807, 2.05) is 32.2 Å². The van der Waals surface area contributed by atoms with Crippen molar-refractivity contribution in [1.82, 2.24) is 15.3 Å². The summed E-state index contributed by atoms with van der Waals surface area (Å²) >= 11 is 0. The van der Waals surface area contributed by atoms with Crippen molar-refractivity contribution in [3.63, 3.8) is 0 Å². The molecule has 4 nitrogen and oxygen atoms in total. The van der Waals surface area contributed by atoms with Crippen LogP contribution < -0.4 is 10.1 Å². The van der Waals surface area contributed by atoms with Gasteiger partial charge in [0.1, 0.15) is 0 Å². The number of pyridine rings is 2. The molecule has 0 aromatic carbocycles. The molecule has 0 radical (unpaired) electrons. The maximum absolute atomic E-state index is 5.84. The van der Waals surface area contributed by atoms with E-state index in [9.17, 15) is 0 Å². The van der Waals surface area contributed by atoms with E-state index in [0.717, 1.165) is 23.6 Å². The minimum absolute atomic E-state index is 0.649. The van der Waals surface area contributed by atoms with Crippen LogP contribution in [0.2, 0.25) is 0 Å². The first kappa shape index (κ1) is 13.1. The fourth-order valence-electron chi connectivity index (χ4n) is 2.06. The van der Waals surface area contributed by atoms with Gasteiger partial charge >= 0.3 is 0 Å². The second-order valence-corrected chi connectivity index (χ2v) is 5.31. The van der Waals surface area contributed by atoms with Crippen molar-refractivity contribution in [2.24, 2.45) is 0 Å². The second kappa shape index (κ2) is 5.59. The van der Waals surface area contributed by atoms with Crippen molar-refractivity contribution in [2.75, 3.05) is 0 Å². The largest absolute Gasteiger partial charge is 0.437 e. The number of aryl methyl sites for hydroxylation is 2. The van der Waals surface area contributed by atoms with Gasteiger partial charge in [0.15, 0.2) is 5.75 Å². The first-order valence-corrected chi connectivity index (χ1v) is 7.01. The van der Waals surface area contributed by atoms with E-state index in [2.05, 4.69) is 21.4 Å². The predicted molar refractivity (Wildman–Crippen MR) is 77.9 cm³/mol. The molecule has 1 N–H and O–H groups in total. The molecule has 0 amide bonds. The Bertz CT molecular complexity index is 608. The quantitative estimate of drug-likeness (QED) is 0.906. The van der Waals surface area contributed by atoms with Crippen LogP contribution in [0.3, 0.4) is 0 Å². The SMILES string of the molecule is Cc1cc(CNC2CC2)cnc1Oc1cccnc1C. The number of ether oxygens (including phenoxy) is 1. The molecule has 0 aliphatic heterocycles. The highest BCUT2D eigenvalue weighted by Gasteiger charge is 2.20. The fraction of sp³-hybridized carbons (Fsp3) is 0.375. The Labute approximate surface area is 119 Å². The average Bonchev–Trinajstić information content (AvgIpc) is 3.26. The lowest BCUT2D eigenvalue weighted by molar-refractivity contribution is 0.452. The van der Waals surface area contributed by atoms with E-state index in [1.165, 1.54) is 18.4 Å². The second-order valence-electron chi connectivity index (χ2n) is 5.31. The van der Waals surface area contributed by atoms with Crippen molar-refractivity contribution >= 4 is 0 Å². The van der Waals surface area contributed by atoms with Crippen molar-refractivity contribution in [3.05, 3.63) is 47.4 Å². The fourth-order valence-corrected chi connectivity index (χ4v) is 2.06. The van der Waals surface area contributed by atoms with Crippen LogP contribution in [0.15, 0.2) is 30.6 Å². The maximum Gasteiger partial charge on any atom is 0.222 e. The molecule has 104 valence electrons. The van der Waals surface area contributed by atoms with Gasteiger partial charge < -0.3 is 10.1 Å². The number of hydrogen-bond donors (Lipinski definition) is 1. The summed E-state index contributed by atoms with van der Waals surface area (Å²) in [6.07, 6.45) is 6.24. The molecule has 0 atom stereocenters. The summed E-state index contributed by atoms with van der Waals surface area (Å²) in [4.78, 5) is 8.64. The van der Waals surface area contributed by atoms with Gasteiger partial charge in [-0.3, -0.25) is 4.98 Å². The van der Waals surface area contributed by atoms with E-state index in [-0.39, 0.29) is 0 Å². The maximum atomic E-state index is 5.84. The molecule has 1 fully saturated rings. The number of aromatic nitrogens is 2. The van der Waals surface area contributed by atoms with Crippen LogP contribution in [0.5, 0.6) is 11.6 Å². The molecule has 0 unspecified atom stereocenters. The molecule has 2 aromatic rings. The average molecular weight is 269 g/mol. The van der Waals surface area contributed by atoms with Gasteiger partial charge in [-0.1, -0.05) is 0 Å². The Kier molecular flexibility index (Phi) is 3.65. The molecule has 2 heterocycles. The zero-order valence-electron chi connectivity index (χ0n) is 11.9. The molecular weight excluding hydrogens is 250 g/mol. The Hall–Kier alpha value is -1.94. The molecule has 4 heteroatoms. The van der Waals surface area contributed by atoms with Crippen LogP contribution in [-0.2, 0) is 6.54 Å². The standard InChI is InChI=1S/C16H19N3O/c1-11-8-13(9-18-14-5-6-14)10-19-16(11)20-15-4-3-7-17-12(15)2/h3-4,7-8,10,14,18H,5-6,9H2,1-2H3. The minimum atomic E-state index is 0.649. The van der Waals surface area contributed by atoms with E-state index in [1.54, 1.807) is 6.20 Å². The van der Waals surface area contributed by atoms with Crippen LogP contribution in [0.4, 0.5) is 0 Å². The van der Waals surface area contributed by atoms with Gasteiger partial charge in [-0.15, -0.1) is 0 Å². The molecule has 20 heavy (non-hydrogen) atoms. The number of rotatable bonds is 5. The van der Waals surface area contributed by atoms with Crippen LogP contribution in [0.25, 0.3) is 0 Å². The van der Waals surface area contributed by atoms with Crippen LogP contribution in [-0.4, -0.2) is 16.0 Å². The summed E-state index contributed by atoms with van der Waals surface area (Å²) < 4.78 is 5.84. The molecule has 1 aliphatic rings. The summed E-state index contributed by atoms with van der Waals surface area (Å²) in [6.45, 7) is 4.83. The monoisotopic (exact) mass is 269 g/mol. The minimum Gasteiger partial charge on any atom is -0.437 e. The lowest BCUT2D eigenvalue weighted by atomic mass is 10.2. The number of nitrogens with zero attached hydrogens (tertiary/aromatic N) is 2. The number of hydrogen-bond acceptors (Lipinski definition) is 4. The first-order valence-electron chi connectivity index (χ1n) is 7.01. The molecule has 2 aromatic heterocycles. The number of nitrogens with one attached hydrogen (secondary N) is 1. The van der Waals surface area contributed by atoms with Gasteiger partial charge in [0.25, 0.3) is 0 Å². The zero-order valence-corrected chi connectivity index (χ0v) is 11.9. The van der Waals surface area contributed by atoms with Gasteiger partial charge in [0, 0.05) is 30.5 Å². The van der Waals surface area contributed by atoms with E-state index in [0.29, 0.717) is 11.9 Å². The molecule has 1 aliphatic carbocycles. The van der Waals surface area contributed by atoms with Crippen molar-refractivity contribution in [3.8, 4) is 11.6 Å². The Morgan fingerprint density at radius 3 is 2.85 bits per heavy atom. The third kappa shape index (κ3) is 3.14. The van der Waals surface area contributed by atoms with Crippen molar-refractivity contribution < 1.29 is 4.74 Å². The summed E-state index contributed by atoms with van der Waals surface area (Å²) in [6, 6.07) is 6.62. The molecule has 0 bridgehead atoms. The molecule has 3 rings (SSSR count). The van der Waals surface area contributed by atoms with Crippen molar-refractivity contribution in [2.45, 2.75) is 39.3 Å². The molecular formula is C16H19N3O. The summed E-state index contributed by atoms with van der Waals surface area (Å²) in [7, 11) is 0. The highest BCUT2D eigenvalue weighted by atomic mass is 16.5. The summed E-state index contributed by atoms with van der Waals surface area (Å²) in [5.41, 5.74) is 3.11. The smallest absolute Gasteiger partial charge is 0.222 e.